The van der Waals surface area contributed by atoms with Crippen LogP contribution in [0.15, 0.2) is 4.99 Å². The first kappa shape index (κ1) is 21.4. The standard InChI is InChI=1S/C17H31N7O.HI/c1-12-9-14(11-24(12)15-5-6-15)20-17(18-7-8-25-4)19-10-16-22-21-13(2)23(16)3;/h12,14-15H,5-11H2,1-4H3,(H2,18,19,20);1H. The maximum atomic E-state index is 5.14. The molecule has 0 radical (unpaired) electrons. The van der Waals surface area contributed by atoms with E-state index in [0.29, 0.717) is 25.2 Å². The van der Waals surface area contributed by atoms with Crippen molar-refractivity contribution >= 4 is 29.9 Å². The molecule has 1 aromatic rings. The van der Waals surface area contributed by atoms with Gasteiger partial charge in [-0.05, 0) is 33.1 Å². The Labute approximate surface area is 173 Å². The lowest BCUT2D eigenvalue weighted by molar-refractivity contribution is 0.203. The first-order valence-corrected chi connectivity index (χ1v) is 9.23. The zero-order chi connectivity index (χ0) is 17.8. The first-order chi connectivity index (χ1) is 12.1. The van der Waals surface area contributed by atoms with Crippen molar-refractivity contribution in [3.05, 3.63) is 11.6 Å². The van der Waals surface area contributed by atoms with Crippen LogP contribution >= 0.6 is 24.0 Å². The summed E-state index contributed by atoms with van der Waals surface area (Å²) in [5.41, 5.74) is 0. The van der Waals surface area contributed by atoms with Crippen molar-refractivity contribution < 1.29 is 4.74 Å². The summed E-state index contributed by atoms with van der Waals surface area (Å²) in [6.07, 6.45) is 3.87. The molecule has 8 nitrogen and oxygen atoms in total. The van der Waals surface area contributed by atoms with Gasteiger partial charge in [0.1, 0.15) is 12.4 Å². The van der Waals surface area contributed by atoms with Gasteiger partial charge in [-0.3, -0.25) is 4.90 Å². The van der Waals surface area contributed by atoms with Crippen LogP contribution in [0.5, 0.6) is 0 Å². The van der Waals surface area contributed by atoms with E-state index in [1.54, 1.807) is 7.11 Å². The number of aromatic nitrogens is 3. The van der Waals surface area contributed by atoms with Crippen molar-refractivity contribution in [2.24, 2.45) is 12.0 Å². The Morgan fingerprint density at radius 1 is 1.35 bits per heavy atom. The van der Waals surface area contributed by atoms with Crippen LogP contribution in [-0.2, 0) is 18.3 Å². The van der Waals surface area contributed by atoms with Crippen LogP contribution in [0.25, 0.3) is 0 Å². The normalized spacial score (nSPS) is 23.8. The van der Waals surface area contributed by atoms with Gasteiger partial charge in [-0.2, -0.15) is 0 Å². The van der Waals surface area contributed by atoms with Crippen molar-refractivity contribution in [1.29, 1.82) is 0 Å². The summed E-state index contributed by atoms with van der Waals surface area (Å²) in [5, 5.41) is 15.2. The van der Waals surface area contributed by atoms with E-state index in [0.717, 1.165) is 43.2 Å². The number of halogens is 1. The van der Waals surface area contributed by atoms with Gasteiger partial charge in [0.15, 0.2) is 11.8 Å². The molecule has 2 heterocycles. The minimum absolute atomic E-state index is 0. The molecule has 2 atom stereocenters. The molecular weight excluding hydrogens is 445 g/mol. The van der Waals surface area contributed by atoms with E-state index in [9.17, 15) is 0 Å². The summed E-state index contributed by atoms with van der Waals surface area (Å²) in [4.78, 5) is 7.35. The maximum absolute atomic E-state index is 5.14. The Hall–Kier alpha value is -0.940. The van der Waals surface area contributed by atoms with E-state index in [2.05, 4.69) is 32.7 Å². The molecule has 0 spiro atoms. The largest absolute Gasteiger partial charge is 0.383 e. The van der Waals surface area contributed by atoms with Crippen LogP contribution in [0.3, 0.4) is 0 Å². The fourth-order valence-corrected chi connectivity index (χ4v) is 3.43. The summed E-state index contributed by atoms with van der Waals surface area (Å²) in [6.45, 7) is 7.27. The van der Waals surface area contributed by atoms with Crippen LogP contribution in [-0.4, -0.2) is 70.6 Å². The number of aliphatic imine (C=N–C) groups is 1. The van der Waals surface area contributed by atoms with Crippen LogP contribution < -0.4 is 10.6 Å². The Kier molecular flexibility index (Phi) is 8.08. The van der Waals surface area contributed by atoms with Gasteiger partial charge in [-0.1, -0.05) is 0 Å². The second-order valence-corrected chi connectivity index (χ2v) is 7.16. The molecule has 0 amide bonds. The number of rotatable bonds is 7. The number of aryl methyl sites for hydroxylation is 1. The van der Waals surface area contributed by atoms with Crippen molar-refractivity contribution in [3.8, 4) is 0 Å². The highest BCUT2D eigenvalue weighted by Crippen LogP contribution is 2.33. The quantitative estimate of drug-likeness (QED) is 0.265. The molecule has 0 bridgehead atoms. The number of hydrogen-bond acceptors (Lipinski definition) is 5. The van der Waals surface area contributed by atoms with Gasteiger partial charge in [0, 0.05) is 45.4 Å². The van der Waals surface area contributed by atoms with Crippen molar-refractivity contribution in [3.63, 3.8) is 0 Å². The number of ether oxygens (including phenoxy) is 1. The average Bonchev–Trinajstić information content (AvgIpc) is 3.30. The smallest absolute Gasteiger partial charge is 0.192 e. The highest BCUT2D eigenvalue weighted by Gasteiger charge is 2.38. The Balaban J connectivity index is 0.00000243. The second kappa shape index (κ2) is 9.84. The summed E-state index contributed by atoms with van der Waals surface area (Å²) < 4.78 is 7.12. The fraction of sp³-hybridized carbons (Fsp3) is 0.824. The van der Waals surface area contributed by atoms with Crippen molar-refractivity contribution in [2.75, 3.05) is 26.8 Å². The molecular formula is C17H32IN7O. The van der Waals surface area contributed by atoms with Gasteiger partial charge in [-0.25, -0.2) is 4.99 Å². The van der Waals surface area contributed by atoms with E-state index in [-0.39, 0.29) is 24.0 Å². The second-order valence-electron chi connectivity index (χ2n) is 7.16. The zero-order valence-corrected chi connectivity index (χ0v) is 18.6. The highest BCUT2D eigenvalue weighted by molar-refractivity contribution is 14.0. The fourth-order valence-electron chi connectivity index (χ4n) is 3.43. The predicted octanol–water partition coefficient (Wildman–Crippen LogP) is 1.05. The molecule has 0 aromatic carbocycles. The number of nitrogens with zero attached hydrogens (tertiary/aromatic N) is 5. The number of likely N-dealkylation sites (tertiary alicyclic amines) is 1. The van der Waals surface area contributed by atoms with Crippen LogP contribution in [0, 0.1) is 6.92 Å². The Morgan fingerprint density at radius 2 is 2.12 bits per heavy atom. The molecule has 2 N–H and O–H groups in total. The van der Waals surface area contributed by atoms with Crippen LogP contribution in [0.1, 0.15) is 37.8 Å². The topological polar surface area (TPSA) is 79.6 Å². The van der Waals surface area contributed by atoms with Crippen LogP contribution in [0.4, 0.5) is 0 Å². The third-order valence-corrected chi connectivity index (χ3v) is 5.14. The summed E-state index contributed by atoms with van der Waals surface area (Å²) in [7, 11) is 3.68. The van der Waals surface area contributed by atoms with Gasteiger partial charge in [0.2, 0.25) is 0 Å². The van der Waals surface area contributed by atoms with Gasteiger partial charge < -0.3 is 19.9 Å². The molecule has 1 aliphatic carbocycles. The molecule has 26 heavy (non-hydrogen) atoms. The van der Waals surface area contributed by atoms with Crippen molar-refractivity contribution in [1.82, 2.24) is 30.3 Å². The molecule has 1 aliphatic heterocycles. The minimum atomic E-state index is 0. The lowest BCUT2D eigenvalue weighted by atomic mass is 10.2. The summed E-state index contributed by atoms with van der Waals surface area (Å²) in [6, 6.07) is 1.89. The molecule has 1 saturated carbocycles. The van der Waals surface area contributed by atoms with E-state index in [1.807, 2.05) is 18.5 Å². The molecule has 2 unspecified atom stereocenters. The summed E-state index contributed by atoms with van der Waals surface area (Å²) in [5.74, 6) is 2.59. The van der Waals surface area contributed by atoms with Gasteiger partial charge in [0.05, 0.1) is 6.61 Å². The molecule has 2 aliphatic rings. The molecule has 148 valence electrons. The van der Waals surface area contributed by atoms with Crippen LogP contribution in [0.2, 0.25) is 0 Å². The number of nitrogens with one attached hydrogen (secondary N) is 2. The van der Waals surface area contributed by atoms with Gasteiger partial charge >= 0.3 is 0 Å². The third kappa shape index (κ3) is 5.53. The third-order valence-electron chi connectivity index (χ3n) is 5.14. The Morgan fingerprint density at radius 3 is 2.73 bits per heavy atom. The van der Waals surface area contributed by atoms with Gasteiger partial charge in [-0.15, -0.1) is 34.2 Å². The first-order valence-electron chi connectivity index (χ1n) is 9.23. The predicted molar refractivity (Wildman–Crippen MR) is 113 cm³/mol. The van der Waals surface area contributed by atoms with E-state index < -0.39 is 0 Å². The highest BCUT2D eigenvalue weighted by atomic mass is 127. The lowest BCUT2D eigenvalue weighted by Crippen LogP contribution is -2.45. The Bertz CT molecular complexity index is 602. The van der Waals surface area contributed by atoms with E-state index >= 15 is 0 Å². The lowest BCUT2D eigenvalue weighted by Gasteiger charge is -2.20. The van der Waals surface area contributed by atoms with Crippen molar-refractivity contribution in [2.45, 2.75) is 57.8 Å². The monoisotopic (exact) mass is 477 g/mol. The van der Waals surface area contributed by atoms with Gasteiger partial charge in [0.25, 0.3) is 0 Å². The SMILES string of the molecule is COCCNC(=NCc1nnc(C)n1C)NC1CC(C)N(C2CC2)C1.I. The molecule has 3 rings (SSSR count). The van der Waals surface area contributed by atoms with E-state index in [1.165, 1.54) is 12.8 Å². The molecule has 1 saturated heterocycles. The molecule has 9 heteroatoms. The van der Waals surface area contributed by atoms with E-state index in [4.69, 9.17) is 9.73 Å². The summed E-state index contributed by atoms with van der Waals surface area (Å²) >= 11 is 0. The maximum Gasteiger partial charge on any atom is 0.192 e. The minimum Gasteiger partial charge on any atom is -0.383 e. The zero-order valence-electron chi connectivity index (χ0n) is 16.2. The molecule has 1 aromatic heterocycles. The number of guanidine groups is 1. The average molecular weight is 477 g/mol. The number of hydrogen-bond donors (Lipinski definition) is 2. The molecule has 2 fully saturated rings. The number of methoxy groups -OCH3 is 1.